The number of hydrogen-bond acceptors (Lipinski definition) is 3. The van der Waals surface area contributed by atoms with E-state index >= 15 is 0 Å². The van der Waals surface area contributed by atoms with Crippen LogP contribution < -0.4 is 5.32 Å². The molecule has 0 unspecified atom stereocenters. The Morgan fingerprint density at radius 1 is 1.39 bits per heavy atom. The molecule has 0 aliphatic rings. The fourth-order valence-corrected chi connectivity index (χ4v) is 1.71. The van der Waals surface area contributed by atoms with Crippen LogP contribution in [0.2, 0.25) is 0 Å². The molecule has 0 radical (unpaired) electrons. The Balaban J connectivity index is 2.02. The average Bonchev–Trinajstić information content (AvgIpc) is 2.79. The molecular weight excluding hydrogens is 231 g/mol. The Labute approximate surface area is 106 Å². The molecule has 0 atom stereocenters. The van der Waals surface area contributed by atoms with E-state index in [1.165, 1.54) is 6.07 Å². The largest absolute Gasteiger partial charge is 0.378 e. The quantitative estimate of drug-likeness (QED) is 0.884. The highest BCUT2D eigenvalue weighted by Crippen LogP contribution is 2.14. The van der Waals surface area contributed by atoms with Crippen molar-refractivity contribution in [2.45, 2.75) is 33.4 Å². The minimum atomic E-state index is -0.199. The van der Waals surface area contributed by atoms with Crippen LogP contribution in [0.25, 0.3) is 0 Å². The second kappa shape index (κ2) is 5.62. The molecule has 0 saturated heterocycles. The molecule has 2 aromatic rings. The number of aromatic nitrogens is 3. The summed E-state index contributed by atoms with van der Waals surface area (Å²) < 4.78 is 15.2. The molecule has 5 heteroatoms. The van der Waals surface area contributed by atoms with Crippen LogP contribution in [-0.2, 0) is 13.1 Å². The van der Waals surface area contributed by atoms with E-state index in [4.69, 9.17) is 0 Å². The minimum Gasteiger partial charge on any atom is -0.378 e. The van der Waals surface area contributed by atoms with Crippen LogP contribution in [0.3, 0.4) is 0 Å². The summed E-state index contributed by atoms with van der Waals surface area (Å²) in [4.78, 5) is 4.19. The molecule has 0 bridgehead atoms. The summed E-state index contributed by atoms with van der Waals surface area (Å²) in [5.74, 6) is 0.660. The molecule has 4 nitrogen and oxygen atoms in total. The van der Waals surface area contributed by atoms with Crippen molar-refractivity contribution in [3.63, 3.8) is 0 Å². The van der Waals surface area contributed by atoms with Crippen LogP contribution in [-0.4, -0.2) is 14.8 Å². The van der Waals surface area contributed by atoms with Crippen molar-refractivity contribution >= 4 is 5.69 Å². The Hall–Kier alpha value is -1.91. The van der Waals surface area contributed by atoms with Crippen molar-refractivity contribution < 1.29 is 4.39 Å². The predicted octanol–water partition coefficient (Wildman–Crippen LogP) is 2.75. The first-order valence-corrected chi connectivity index (χ1v) is 6.07. The number of nitrogens with one attached hydrogen (secondary N) is 1. The van der Waals surface area contributed by atoms with Gasteiger partial charge in [-0.05, 0) is 31.0 Å². The lowest BCUT2D eigenvalue weighted by Gasteiger charge is -2.08. The Morgan fingerprint density at radius 2 is 2.22 bits per heavy atom. The molecular formula is C13H17FN4. The van der Waals surface area contributed by atoms with Gasteiger partial charge < -0.3 is 5.32 Å². The van der Waals surface area contributed by atoms with Crippen LogP contribution in [0.1, 0.15) is 24.7 Å². The summed E-state index contributed by atoms with van der Waals surface area (Å²) >= 11 is 0. The molecule has 0 aliphatic heterocycles. The molecule has 1 aromatic carbocycles. The molecule has 0 aliphatic carbocycles. The van der Waals surface area contributed by atoms with E-state index in [0.29, 0.717) is 12.1 Å². The molecule has 0 fully saturated rings. The van der Waals surface area contributed by atoms with E-state index in [2.05, 4.69) is 22.3 Å². The van der Waals surface area contributed by atoms with Crippen LogP contribution >= 0.6 is 0 Å². The fraction of sp³-hybridized carbons (Fsp3) is 0.385. The highest BCUT2D eigenvalue weighted by atomic mass is 19.1. The first-order valence-electron chi connectivity index (χ1n) is 6.07. The minimum absolute atomic E-state index is 0.199. The van der Waals surface area contributed by atoms with Crippen molar-refractivity contribution in [1.29, 1.82) is 0 Å². The third-order valence-electron chi connectivity index (χ3n) is 2.75. The molecule has 0 spiro atoms. The Morgan fingerprint density at radius 3 is 2.94 bits per heavy atom. The summed E-state index contributed by atoms with van der Waals surface area (Å²) in [6.07, 6.45) is 2.55. The lowest BCUT2D eigenvalue weighted by molar-refractivity contribution is 0.574. The van der Waals surface area contributed by atoms with Gasteiger partial charge >= 0.3 is 0 Å². The van der Waals surface area contributed by atoms with Crippen LogP contribution in [0, 0.1) is 12.7 Å². The van der Waals surface area contributed by atoms with E-state index in [1.54, 1.807) is 19.3 Å². The predicted molar refractivity (Wildman–Crippen MR) is 68.8 cm³/mol. The number of anilines is 1. The van der Waals surface area contributed by atoms with Gasteiger partial charge in [-0.3, -0.25) is 0 Å². The zero-order valence-electron chi connectivity index (χ0n) is 10.7. The third kappa shape index (κ3) is 2.85. The number of nitrogens with zero attached hydrogens (tertiary/aromatic N) is 3. The van der Waals surface area contributed by atoms with Gasteiger partial charge in [0, 0.05) is 12.2 Å². The molecule has 96 valence electrons. The van der Waals surface area contributed by atoms with Crippen LogP contribution in [0.5, 0.6) is 0 Å². The molecule has 18 heavy (non-hydrogen) atoms. The Bertz CT molecular complexity index is 521. The number of rotatable bonds is 5. The van der Waals surface area contributed by atoms with Crippen molar-refractivity contribution in [3.05, 3.63) is 41.7 Å². The highest BCUT2D eigenvalue weighted by Gasteiger charge is 2.04. The van der Waals surface area contributed by atoms with Gasteiger partial charge in [-0.25, -0.2) is 14.1 Å². The molecule has 2 rings (SSSR count). The van der Waals surface area contributed by atoms with Gasteiger partial charge in [0.2, 0.25) is 0 Å². The maximum absolute atomic E-state index is 13.4. The van der Waals surface area contributed by atoms with Crippen molar-refractivity contribution in [1.82, 2.24) is 14.8 Å². The van der Waals surface area contributed by atoms with E-state index in [-0.39, 0.29) is 5.82 Å². The molecule has 0 amide bonds. The zero-order chi connectivity index (χ0) is 13.0. The number of benzene rings is 1. The van der Waals surface area contributed by atoms with Crippen LogP contribution in [0.15, 0.2) is 24.5 Å². The standard InChI is InChI=1S/C13H17FN4/c1-3-6-18-13(16-9-17-18)8-15-11-5-4-10(2)12(14)7-11/h4-5,7,9,15H,3,6,8H2,1-2H3. The Kier molecular flexibility index (Phi) is 3.92. The van der Waals surface area contributed by atoms with E-state index in [1.807, 2.05) is 10.7 Å². The van der Waals surface area contributed by atoms with Crippen molar-refractivity contribution in [2.75, 3.05) is 5.32 Å². The van der Waals surface area contributed by atoms with Crippen molar-refractivity contribution in [2.24, 2.45) is 0 Å². The molecule has 1 heterocycles. The first-order chi connectivity index (χ1) is 8.70. The third-order valence-corrected chi connectivity index (χ3v) is 2.75. The molecule has 1 aromatic heterocycles. The lowest BCUT2D eigenvalue weighted by Crippen LogP contribution is -2.10. The topological polar surface area (TPSA) is 42.7 Å². The van der Waals surface area contributed by atoms with Crippen LogP contribution in [0.4, 0.5) is 10.1 Å². The van der Waals surface area contributed by atoms with Gasteiger partial charge in [0.05, 0.1) is 6.54 Å². The first kappa shape index (κ1) is 12.5. The van der Waals surface area contributed by atoms with Gasteiger partial charge in [-0.15, -0.1) is 0 Å². The van der Waals surface area contributed by atoms with Gasteiger partial charge in [-0.2, -0.15) is 5.10 Å². The second-order valence-electron chi connectivity index (χ2n) is 4.22. The summed E-state index contributed by atoms with van der Waals surface area (Å²) in [5.41, 5.74) is 1.40. The number of halogens is 1. The van der Waals surface area contributed by atoms with Gasteiger partial charge in [0.15, 0.2) is 0 Å². The molecule has 0 saturated carbocycles. The smallest absolute Gasteiger partial charge is 0.146 e. The summed E-state index contributed by atoms with van der Waals surface area (Å²) in [6, 6.07) is 5.11. The van der Waals surface area contributed by atoms with Gasteiger partial charge in [0.25, 0.3) is 0 Å². The lowest BCUT2D eigenvalue weighted by atomic mass is 10.2. The number of hydrogen-bond donors (Lipinski definition) is 1. The van der Waals surface area contributed by atoms with Crippen molar-refractivity contribution in [3.8, 4) is 0 Å². The monoisotopic (exact) mass is 248 g/mol. The second-order valence-corrected chi connectivity index (χ2v) is 4.22. The molecule has 1 N–H and O–H groups in total. The zero-order valence-corrected chi connectivity index (χ0v) is 10.7. The summed E-state index contributed by atoms with van der Waals surface area (Å²) in [6.45, 7) is 5.23. The summed E-state index contributed by atoms with van der Waals surface area (Å²) in [5, 5.41) is 7.29. The average molecular weight is 248 g/mol. The summed E-state index contributed by atoms with van der Waals surface area (Å²) in [7, 11) is 0. The SMILES string of the molecule is CCCn1ncnc1CNc1ccc(C)c(F)c1. The van der Waals surface area contributed by atoms with E-state index < -0.39 is 0 Å². The highest BCUT2D eigenvalue weighted by molar-refractivity contribution is 5.45. The van der Waals surface area contributed by atoms with Gasteiger partial charge in [0.1, 0.15) is 18.0 Å². The van der Waals surface area contributed by atoms with E-state index in [0.717, 1.165) is 24.5 Å². The number of aryl methyl sites for hydroxylation is 2. The van der Waals surface area contributed by atoms with E-state index in [9.17, 15) is 4.39 Å². The normalized spacial score (nSPS) is 10.6. The maximum Gasteiger partial charge on any atom is 0.146 e. The maximum atomic E-state index is 13.4. The fourth-order valence-electron chi connectivity index (χ4n) is 1.71. The van der Waals surface area contributed by atoms with Gasteiger partial charge in [-0.1, -0.05) is 13.0 Å².